The minimum Gasteiger partial charge on any atom is -0.378 e. The fraction of sp³-hybridized carbons (Fsp3) is 0.263. The molecule has 0 aliphatic carbocycles. The monoisotopic (exact) mass is 419 g/mol. The van der Waals surface area contributed by atoms with E-state index in [1.165, 1.54) is 5.01 Å². The third-order valence-electron chi connectivity index (χ3n) is 4.23. The lowest BCUT2D eigenvalue weighted by Gasteiger charge is -2.22. The Kier molecular flexibility index (Phi) is 5.45. The number of hydrogen-bond donors (Lipinski definition) is 0. The van der Waals surface area contributed by atoms with Crippen LogP contribution in [0.25, 0.3) is 0 Å². The van der Waals surface area contributed by atoms with E-state index in [0.717, 1.165) is 27.0 Å². The van der Waals surface area contributed by atoms with Gasteiger partial charge in [-0.1, -0.05) is 40.2 Å². The summed E-state index contributed by atoms with van der Waals surface area (Å²) in [5.41, 5.74) is 4.07. The molecule has 1 aliphatic rings. The van der Waals surface area contributed by atoms with E-state index in [4.69, 9.17) is 11.6 Å². The minimum atomic E-state index is -0.187. The zero-order valence-electron chi connectivity index (χ0n) is 14.1. The first kappa shape index (κ1) is 18.0. The Morgan fingerprint density at radius 2 is 2.00 bits per heavy atom. The first-order valence-corrected chi connectivity index (χ1v) is 9.31. The van der Waals surface area contributed by atoms with Gasteiger partial charge in [0.15, 0.2) is 0 Å². The van der Waals surface area contributed by atoms with E-state index in [2.05, 4.69) is 33.2 Å². The van der Waals surface area contributed by atoms with Crippen LogP contribution in [-0.4, -0.2) is 36.6 Å². The second-order valence-electron chi connectivity index (χ2n) is 6.13. The molecule has 25 heavy (non-hydrogen) atoms. The van der Waals surface area contributed by atoms with Crippen molar-refractivity contribution in [2.75, 3.05) is 24.9 Å². The molecule has 1 atom stereocenters. The van der Waals surface area contributed by atoms with Crippen molar-refractivity contribution in [2.24, 2.45) is 5.10 Å². The highest BCUT2D eigenvalue weighted by Crippen LogP contribution is 2.34. The summed E-state index contributed by atoms with van der Waals surface area (Å²) in [5.74, 6) is -0.269. The highest BCUT2D eigenvalue weighted by Gasteiger charge is 2.32. The van der Waals surface area contributed by atoms with E-state index in [1.807, 2.05) is 55.4 Å². The fourth-order valence-electron chi connectivity index (χ4n) is 2.90. The van der Waals surface area contributed by atoms with Crippen molar-refractivity contribution in [1.29, 1.82) is 0 Å². The average molecular weight is 421 g/mol. The van der Waals surface area contributed by atoms with Crippen molar-refractivity contribution >= 4 is 44.8 Å². The maximum absolute atomic E-state index is 12.3. The van der Waals surface area contributed by atoms with Gasteiger partial charge in [-0.05, 0) is 35.4 Å². The molecule has 1 amide bonds. The molecule has 4 nitrogen and oxygen atoms in total. The average Bonchev–Trinajstić information content (AvgIpc) is 3.06. The van der Waals surface area contributed by atoms with Crippen LogP contribution in [0.3, 0.4) is 0 Å². The van der Waals surface area contributed by atoms with Gasteiger partial charge in [0.25, 0.3) is 5.91 Å². The van der Waals surface area contributed by atoms with E-state index in [-0.39, 0.29) is 17.8 Å². The number of amides is 1. The van der Waals surface area contributed by atoms with Crippen LogP contribution in [0.2, 0.25) is 0 Å². The Morgan fingerprint density at radius 3 is 2.60 bits per heavy atom. The molecule has 0 fully saturated rings. The SMILES string of the molecule is CN(C)c1ccc(C2CC(c3cccc(Br)c3)=NN2C(=O)CCl)cc1. The molecule has 1 unspecified atom stereocenters. The number of anilines is 1. The molecule has 0 N–H and O–H groups in total. The fourth-order valence-corrected chi connectivity index (χ4v) is 3.42. The number of benzene rings is 2. The van der Waals surface area contributed by atoms with Gasteiger partial charge in [0.05, 0.1) is 11.8 Å². The number of hydrogen-bond acceptors (Lipinski definition) is 3. The number of carbonyl (C=O) groups is 1. The maximum Gasteiger partial charge on any atom is 0.258 e. The third kappa shape index (κ3) is 3.88. The normalized spacial score (nSPS) is 16.7. The quantitative estimate of drug-likeness (QED) is 0.686. The molecule has 0 saturated carbocycles. The number of hydrazone groups is 1. The number of rotatable bonds is 4. The largest absolute Gasteiger partial charge is 0.378 e. The lowest BCUT2D eigenvalue weighted by atomic mass is 9.98. The number of halogens is 2. The Morgan fingerprint density at radius 1 is 1.28 bits per heavy atom. The van der Waals surface area contributed by atoms with Crippen LogP contribution >= 0.6 is 27.5 Å². The summed E-state index contributed by atoms with van der Waals surface area (Å²) in [6, 6.07) is 16.0. The number of alkyl halides is 1. The molecule has 130 valence electrons. The van der Waals surface area contributed by atoms with E-state index in [0.29, 0.717) is 6.42 Å². The zero-order valence-corrected chi connectivity index (χ0v) is 16.5. The summed E-state index contributed by atoms with van der Waals surface area (Å²) in [4.78, 5) is 14.3. The Balaban J connectivity index is 1.92. The van der Waals surface area contributed by atoms with Gasteiger partial charge in [0, 0.05) is 30.7 Å². The number of nitrogens with zero attached hydrogens (tertiary/aromatic N) is 3. The van der Waals surface area contributed by atoms with Crippen molar-refractivity contribution in [3.63, 3.8) is 0 Å². The molecule has 0 bridgehead atoms. The second-order valence-corrected chi connectivity index (χ2v) is 7.32. The molecule has 1 aliphatic heterocycles. The van der Waals surface area contributed by atoms with Crippen molar-refractivity contribution in [3.05, 3.63) is 64.1 Å². The van der Waals surface area contributed by atoms with Gasteiger partial charge in [-0.2, -0.15) is 5.10 Å². The van der Waals surface area contributed by atoms with Crippen molar-refractivity contribution in [2.45, 2.75) is 12.5 Å². The van der Waals surface area contributed by atoms with E-state index >= 15 is 0 Å². The first-order chi connectivity index (χ1) is 12.0. The molecule has 6 heteroatoms. The molecular weight excluding hydrogens is 402 g/mol. The van der Waals surface area contributed by atoms with Crippen molar-refractivity contribution in [3.8, 4) is 0 Å². The Hall–Kier alpha value is -1.85. The van der Waals surface area contributed by atoms with Crippen LogP contribution in [0.15, 0.2) is 58.1 Å². The Labute approximate surface area is 161 Å². The van der Waals surface area contributed by atoms with Crippen LogP contribution < -0.4 is 4.90 Å². The summed E-state index contributed by atoms with van der Waals surface area (Å²) >= 11 is 9.28. The maximum atomic E-state index is 12.3. The zero-order chi connectivity index (χ0) is 18.0. The molecular formula is C19H19BrClN3O. The molecule has 3 rings (SSSR count). The van der Waals surface area contributed by atoms with Gasteiger partial charge in [0.2, 0.25) is 0 Å². The van der Waals surface area contributed by atoms with Crippen LogP contribution in [-0.2, 0) is 4.79 Å². The summed E-state index contributed by atoms with van der Waals surface area (Å²) in [6.45, 7) is 0. The lowest BCUT2D eigenvalue weighted by Crippen LogP contribution is -2.28. The molecule has 2 aromatic rings. The van der Waals surface area contributed by atoms with Gasteiger partial charge in [-0.3, -0.25) is 4.79 Å². The highest BCUT2D eigenvalue weighted by atomic mass is 79.9. The standard InChI is InChI=1S/C19H19BrClN3O/c1-23(2)16-8-6-13(7-9-16)18-11-17(22-24(18)19(25)12-21)14-4-3-5-15(20)10-14/h3-10,18H,11-12H2,1-2H3. The van der Waals surface area contributed by atoms with Gasteiger partial charge < -0.3 is 4.90 Å². The minimum absolute atomic E-state index is 0.0818. The molecule has 1 heterocycles. The second kappa shape index (κ2) is 7.58. The smallest absolute Gasteiger partial charge is 0.258 e. The van der Waals surface area contributed by atoms with E-state index in [1.54, 1.807) is 0 Å². The van der Waals surface area contributed by atoms with Gasteiger partial charge >= 0.3 is 0 Å². The molecule has 0 radical (unpaired) electrons. The van der Waals surface area contributed by atoms with E-state index in [9.17, 15) is 4.79 Å². The predicted molar refractivity (Wildman–Crippen MR) is 106 cm³/mol. The van der Waals surface area contributed by atoms with Gasteiger partial charge in [-0.25, -0.2) is 5.01 Å². The van der Waals surface area contributed by atoms with Crippen LogP contribution in [0, 0.1) is 0 Å². The number of carbonyl (C=O) groups excluding carboxylic acids is 1. The summed E-state index contributed by atoms with van der Waals surface area (Å²) < 4.78 is 0.988. The van der Waals surface area contributed by atoms with Gasteiger partial charge in [-0.15, -0.1) is 11.6 Å². The van der Waals surface area contributed by atoms with E-state index < -0.39 is 0 Å². The topological polar surface area (TPSA) is 35.9 Å². The summed E-state index contributed by atoms with van der Waals surface area (Å²) in [7, 11) is 4.00. The van der Waals surface area contributed by atoms with Crippen LogP contribution in [0.5, 0.6) is 0 Å². The summed E-state index contributed by atoms with van der Waals surface area (Å²) in [5, 5.41) is 6.09. The Bertz CT molecular complexity index is 805. The van der Waals surface area contributed by atoms with Crippen molar-refractivity contribution in [1.82, 2.24) is 5.01 Å². The highest BCUT2D eigenvalue weighted by molar-refractivity contribution is 9.10. The third-order valence-corrected chi connectivity index (χ3v) is 4.95. The van der Waals surface area contributed by atoms with Gasteiger partial charge in [0.1, 0.15) is 5.88 Å². The first-order valence-electron chi connectivity index (χ1n) is 7.98. The van der Waals surface area contributed by atoms with Crippen molar-refractivity contribution < 1.29 is 4.79 Å². The summed E-state index contributed by atoms with van der Waals surface area (Å²) in [6.07, 6.45) is 0.667. The predicted octanol–water partition coefficient (Wildman–Crippen LogP) is 4.43. The molecule has 0 saturated heterocycles. The lowest BCUT2D eigenvalue weighted by molar-refractivity contribution is -0.130. The molecule has 0 aromatic heterocycles. The van der Waals surface area contributed by atoms with Crippen LogP contribution in [0.4, 0.5) is 5.69 Å². The van der Waals surface area contributed by atoms with Crippen LogP contribution in [0.1, 0.15) is 23.6 Å². The molecule has 2 aromatic carbocycles. The molecule has 0 spiro atoms.